The van der Waals surface area contributed by atoms with E-state index in [9.17, 15) is 4.79 Å². The lowest BCUT2D eigenvalue weighted by molar-refractivity contribution is -0.134. The number of rotatable bonds is 6. The molecule has 0 radical (unpaired) electrons. The lowest BCUT2D eigenvalue weighted by Crippen LogP contribution is -2.48. The van der Waals surface area contributed by atoms with Crippen LogP contribution < -0.4 is 10.1 Å². The summed E-state index contributed by atoms with van der Waals surface area (Å²) in [5, 5.41) is 3.26. The fraction of sp³-hybridized carbons (Fsp3) is 0.611. The molecule has 1 aliphatic rings. The van der Waals surface area contributed by atoms with Crippen LogP contribution in [0, 0.1) is 0 Å². The summed E-state index contributed by atoms with van der Waals surface area (Å²) in [6, 6.07) is 8.44. The molecule has 1 aromatic rings. The quantitative estimate of drug-likeness (QED) is 0.878. The van der Waals surface area contributed by atoms with Crippen LogP contribution in [0.1, 0.15) is 44.6 Å². The maximum absolute atomic E-state index is 12.4. The second kappa shape index (κ2) is 8.18. The number of para-hydroxylation sites is 1. The van der Waals surface area contributed by atoms with Gasteiger partial charge in [-0.1, -0.05) is 32.0 Å². The molecule has 0 aromatic heterocycles. The van der Waals surface area contributed by atoms with Crippen LogP contribution in [0.2, 0.25) is 0 Å². The molecular weight excluding hydrogens is 276 g/mol. The third-order valence-electron chi connectivity index (χ3n) is 4.60. The van der Waals surface area contributed by atoms with Gasteiger partial charge in [-0.25, -0.2) is 0 Å². The number of likely N-dealkylation sites (tertiary alicyclic amines) is 1. The van der Waals surface area contributed by atoms with Crippen LogP contribution in [-0.4, -0.2) is 43.6 Å². The standard InChI is InChI=1S/C18H28N2O2/c1-4-14(2)16-9-5-6-10-17(16)22-13-18(21)20-11-7-8-15(12-20)19-3/h5-6,9-10,14-15,19H,4,7-8,11-13H2,1-3H3. The van der Waals surface area contributed by atoms with E-state index in [4.69, 9.17) is 4.74 Å². The first kappa shape index (κ1) is 16.8. The summed E-state index contributed by atoms with van der Waals surface area (Å²) in [6.45, 7) is 6.10. The second-order valence-corrected chi connectivity index (χ2v) is 6.10. The molecule has 4 nitrogen and oxygen atoms in total. The van der Waals surface area contributed by atoms with Crippen molar-refractivity contribution in [1.29, 1.82) is 0 Å². The highest BCUT2D eigenvalue weighted by Crippen LogP contribution is 2.28. The van der Waals surface area contributed by atoms with E-state index in [0.717, 1.165) is 38.1 Å². The molecule has 0 spiro atoms. The Morgan fingerprint density at radius 3 is 2.95 bits per heavy atom. The number of amides is 1. The number of piperidine rings is 1. The molecule has 1 saturated heterocycles. The molecular formula is C18H28N2O2. The molecule has 1 aromatic carbocycles. The van der Waals surface area contributed by atoms with E-state index in [1.54, 1.807) is 0 Å². The lowest BCUT2D eigenvalue weighted by Gasteiger charge is -2.32. The summed E-state index contributed by atoms with van der Waals surface area (Å²) in [5.41, 5.74) is 1.18. The van der Waals surface area contributed by atoms with E-state index >= 15 is 0 Å². The molecule has 1 amide bonds. The van der Waals surface area contributed by atoms with Crippen LogP contribution in [-0.2, 0) is 4.79 Å². The minimum Gasteiger partial charge on any atom is -0.483 e. The zero-order valence-electron chi connectivity index (χ0n) is 14.0. The highest BCUT2D eigenvalue weighted by Gasteiger charge is 2.23. The first-order chi connectivity index (χ1) is 10.7. The van der Waals surface area contributed by atoms with Crippen molar-refractivity contribution in [2.45, 2.75) is 45.1 Å². The smallest absolute Gasteiger partial charge is 0.260 e. The van der Waals surface area contributed by atoms with Gasteiger partial charge < -0.3 is 15.0 Å². The van der Waals surface area contributed by atoms with Crippen molar-refractivity contribution in [3.63, 3.8) is 0 Å². The first-order valence-corrected chi connectivity index (χ1v) is 8.32. The zero-order chi connectivity index (χ0) is 15.9. The highest BCUT2D eigenvalue weighted by molar-refractivity contribution is 5.78. The van der Waals surface area contributed by atoms with Gasteiger partial charge in [-0.15, -0.1) is 0 Å². The molecule has 2 rings (SSSR count). The van der Waals surface area contributed by atoms with Crippen molar-refractivity contribution in [3.05, 3.63) is 29.8 Å². The lowest BCUT2D eigenvalue weighted by atomic mass is 9.98. The Hall–Kier alpha value is -1.55. The van der Waals surface area contributed by atoms with Crippen molar-refractivity contribution in [2.75, 3.05) is 26.7 Å². The van der Waals surface area contributed by atoms with Crippen molar-refractivity contribution >= 4 is 5.91 Å². The number of nitrogens with zero attached hydrogens (tertiary/aromatic N) is 1. The van der Waals surface area contributed by atoms with Crippen molar-refractivity contribution in [2.24, 2.45) is 0 Å². The van der Waals surface area contributed by atoms with Gasteiger partial charge in [0.05, 0.1) is 0 Å². The van der Waals surface area contributed by atoms with Gasteiger partial charge in [-0.3, -0.25) is 4.79 Å². The Bertz CT molecular complexity index is 490. The molecule has 2 atom stereocenters. The molecule has 1 N–H and O–H groups in total. The van der Waals surface area contributed by atoms with Gasteiger partial charge >= 0.3 is 0 Å². The van der Waals surface area contributed by atoms with Gasteiger partial charge in [0.1, 0.15) is 5.75 Å². The number of hydrogen-bond acceptors (Lipinski definition) is 3. The Morgan fingerprint density at radius 1 is 1.45 bits per heavy atom. The molecule has 4 heteroatoms. The maximum atomic E-state index is 12.4. The van der Waals surface area contributed by atoms with Gasteiger partial charge in [0.2, 0.25) is 0 Å². The molecule has 0 saturated carbocycles. The average Bonchev–Trinajstić information content (AvgIpc) is 2.59. The van der Waals surface area contributed by atoms with E-state index < -0.39 is 0 Å². The topological polar surface area (TPSA) is 41.6 Å². The molecule has 1 fully saturated rings. The Balaban J connectivity index is 1.94. The molecule has 0 bridgehead atoms. The Labute approximate surface area is 133 Å². The van der Waals surface area contributed by atoms with Gasteiger partial charge in [0.25, 0.3) is 5.91 Å². The number of carbonyl (C=O) groups is 1. The van der Waals surface area contributed by atoms with Crippen molar-refractivity contribution in [3.8, 4) is 5.75 Å². The van der Waals surface area contributed by atoms with E-state index in [0.29, 0.717) is 12.0 Å². The predicted octanol–water partition coefficient (Wildman–Crippen LogP) is 2.79. The molecule has 2 unspecified atom stereocenters. The molecule has 122 valence electrons. The fourth-order valence-electron chi connectivity index (χ4n) is 2.91. The van der Waals surface area contributed by atoms with Crippen LogP contribution in [0.4, 0.5) is 0 Å². The molecule has 22 heavy (non-hydrogen) atoms. The normalized spacial score (nSPS) is 19.8. The minimum atomic E-state index is 0.0823. The van der Waals surface area contributed by atoms with Crippen LogP contribution in [0.3, 0.4) is 0 Å². The van der Waals surface area contributed by atoms with E-state index in [2.05, 4.69) is 25.2 Å². The van der Waals surface area contributed by atoms with Gasteiger partial charge in [0.15, 0.2) is 6.61 Å². The van der Waals surface area contributed by atoms with Crippen LogP contribution in [0.15, 0.2) is 24.3 Å². The summed E-state index contributed by atoms with van der Waals surface area (Å²) in [6.07, 6.45) is 3.25. The monoisotopic (exact) mass is 304 g/mol. The highest BCUT2D eigenvalue weighted by atomic mass is 16.5. The number of benzene rings is 1. The van der Waals surface area contributed by atoms with Gasteiger partial charge in [-0.2, -0.15) is 0 Å². The minimum absolute atomic E-state index is 0.0823. The van der Waals surface area contributed by atoms with Crippen molar-refractivity contribution in [1.82, 2.24) is 10.2 Å². The largest absolute Gasteiger partial charge is 0.483 e. The molecule has 0 aliphatic carbocycles. The summed E-state index contributed by atoms with van der Waals surface area (Å²) < 4.78 is 5.83. The predicted molar refractivity (Wildman–Crippen MR) is 89.3 cm³/mol. The fourth-order valence-corrected chi connectivity index (χ4v) is 2.91. The van der Waals surface area contributed by atoms with Crippen LogP contribution in [0.5, 0.6) is 5.75 Å². The van der Waals surface area contributed by atoms with E-state index in [1.165, 1.54) is 5.56 Å². The third-order valence-corrected chi connectivity index (χ3v) is 4.60. The summed E-state index contributed by atoms with van der Waals surface area (Å²) >= 11 is 0. The zero-order valence-corrected chi connectivity index (χ0v) is 14.0. The second-order valence-electron chi connectivity index (χ2n) is 6.10. The number of ether oxygens (including phenoxy) is 1. The van der Waals surface area contributed by atoms with Crippen LogP contribution in [0.25, 0.3) is 0 Å². The number of hydrogen-bond donors (Lipinski definition) is 1. The third kappa shape index (κ3) is 4.23. The SMILES string of the molecule is CCC(C)c1ccccc1OCC(=O)N1CCCC(NC)C1. The number of nitrogens with one attached hydrogen (secondary N) is 1. The Kier molecular flexibility index (Phi) is 6.25. The molecule has 1 aliphatic heterocycles. The maximum Gasteiger partial charge on any atom is 0.260 e. The van der Waals surface area contributed by atoms with Crippen LogP contribution >= 0.6 is 0 Å². The summed E-state index contributed by atoms with van der Waals surface area (Å²) in [4.78, 5) is 14.3. The first-order valence-electron chi connectivity index (χ1n) is 8.32. The van der Waals surface area contributed by atoms with Gasteiger partial charge in [-0.05, 0) is 43.9 Å². The van der Waals surface area contributed by atoms with E-state index in [1.807, 2.05) is 30.1 Å². The number of likely N-dealkylation sites (N-methyl/N-ethyl adjacent to an activating group) is 1. The molecule has 1 heterocycles. The van der Waals surface area contributed by atoms with Gasteiger partial charge in [0, 0.05) is 19.1 Å². The Morgan fingerprint density at radius 2 is 2.23 bits per heavy atom. The summed E-state index contributed by atoms with van der Waals surface area (Å²) in [5.74, 6) is 1.36. The number of carbonyl (C=O) groups excluding carboxylic acids is 1. The average molecular weight is 304 g/mol. The van der Waals surface area contributed by atoms with E-state index in [-0.39, 0.29) is 12.5 Å². The van der Waals surface area contributed by atoms with Crippen molar-refractivity contribution < 1.29 is 9.53 Å². The summed E-state index contributed by atoms with van der Waals surface area (Å²) in [7, 11) is 1.96.